The van der Waals surface area contributed by atoms with Crippen molar-refractivity contribution >= 4 is 17.7 Å². The Balaban J connectivity index is 1.64. The molecule has 0 bridgehead atoms. The molecule has 4 rings (SSSR count). The topological polar surface area (TPSA) is 82.3 Å². The summed E-state index contributed by atoms with van der Waals surface area (Å²) < 4.78 is 0. The number of fused-ring (bicyclic) bond motifs is 2. The summed E-state index contributed by atoms with van der Waals surface area (Å²) in [4.78, 5) is 41.2. The summed E-state index contributed by atoms with van der Waals surface area (Å²) in [6.07, 6.45) is 2.90. The first-order valence-electron chi connectivity index (χ1n) is 7.51. The number of Topliss-reactive ketones (excluding diaryl/α,β-unsaturated/α-hetero) is 1. The zero-order valence-electron chi connectivity index (χ0n) is 12.3. The van der Waals surface area contributed by atoms with Gasteiger partial charge < -0.3 is 10.3 Å². The lowest BCUT2D eigenvalue weighted by Gasteiger charge is -2.22. The van der Waals surface area contributed by atoms with E-state index in [4.69, 9.17) is 0 Å². The van der Waals surface area contributed by atoms with Crippen molar-refractivity contribution in [3.05, 3.63) is 59.4 Å². The monoisotopic (exact) mass is 309 g/mol. The molecular weight excluding hydrogens is 294 g/mol. The summed E-state index contributed by atoms with van der Waals surface area (Å²) in [7, 11) is 0. The van der Waals surface area contributed by atoms with Gasteiger partial charge in [-0.3, -0.25) is 14.5 Å². The number of urea groups is 1. The lowest BCUT2D eigenvalue weighted by molar-refractivity contribution is -0.131. The molecule has 0 saturated carbocycles. The largest absolute Gasteiger partial charge is 0.359 e. The molecule has 0 unspecified atom stereocenters. The van der Waals surface area contributed by atoms with Crippen LogP contribution in [0.25, 0.3) is 0 Å². The molecule has 1 fully saturated rings. The van der Waals surface area contributed by atoms with Gasteiger partial charge in [-0.25, -0.2) is 4.79 Å². The Labute approximate surface area is 132 Å². The highest BCUT2D eigenvalue weighted by Gasteiger charge is 2.55. The van der Waals surface area contributed by atoms with Gasteiger partial charge in [0, 0.05) is 6.20 Å². The van der Waals surface area contributed by atoms with Crippen LogP contribution in [0.1, 0.15) is 28.0 Å². The average Bonchev–Trinajstić information content (AvgIpc) is 3.25. The third-order valence-corrected chi connectivity index (χ3v) is 4.62. The Morgan fingerprint density at radius 3 is 2.78 bits per heavy atom. The van der Waals surface area contributed by atoms with Crippen LogP contribution in [-0.2, 0) is 16.8 Å². The van der Waals surface area contributed by atoms with Crippen LogP contribution in [0.4, 0.5) is 4.79 Å². The Morgan fingerprint density at radius 2 is 2.00 bits per heavy atom. The van der Waals surface area contributed by atoms with E-state index in [1.807, 2.05) is 24.3 Å². The molecule has 6 nitrogen and oxygen atoms in total. The van der Waals surface area contributed by atoms with E-state index < -0.39 is 11.6 Å². The maximum atomic E-state index is 12.9. The Kier molecular flexibility index (Phi) is 2.87. The van der Waals surface area contributed by atoms with E-state index in [0.29, 0.717) is 12.1 Å². The standard InChI is InChI=1S/C17H15N3O3/c21-14(13-6-3-9-18-13)10-20-15(22)17(19-16(20)23)8-7-11-4-1-2-5-12(11)17/h1-6,9,18H,7-8,10H2,(H,19,23)/t17-/m1/s1. The molecule has 3 amide bonds. The average molecular weight is 309 g/mol. The molecule has 1 aromatic carbocycles. The van der Waals surface area contributed by atoms with Crippen molar-refractivity contribution in [1.29, 1.82) is 0 Å². The van der Waals surface area contributed by atoms with Gasteiger partial charge in [-0.2, -0.15) is 0 Å². The van der Waals surface area contributed by atoms with Crippen molar-refractivity contribution in [2.24, 2.45) is 0 Å². The van der Waals surface area contributed by atoms with E-state index >= 15 is 0 Å². The van der Waals surface area contributed by atoms with Gasteiger partial charge in [-0.15, -0.1) is 0 Å². The molecule has 2 N–H and O–H groups in total. The first-order valence-corrected chi connectivity index (χ1v) is 7.51. The van der Waals surface area contributed by atoms with Gasteiger partial charge in [0.2, 0.25) is 0 Å². The fraction of sp³-hybridized carbons (Fsp3) is 0.235. The van der Waals surface area contributed by atoms with Crippen molar-refractivity contribution < 1.29 is 14.4 Å². The van der Waals surface area contributed by atoms with Crippen LogP contribution in [0.3, 0.4) is 0 Å². The number of imide groups is 1. The third-order valence-electron chi connectivity index (χ3n) is 4.62. The minimum Gasteiger partial charge on any atom is -0.359 e. The summed E-state index contributed by atoms with van der Waals surface area (Å²) in [5.41, 5.74) is 1.29. The number of ketones is 1. The highest BCUT2D eigenvalue weighted by atomic mass is 16.2. The van der Waals surface area contributed by atoms with Crippen molar-refractivity contribution in [2.45, 2.75) is 18.4 Å². The van der Waals surface area contributed by atoms with Gasteiger partial charge in [-0.1, -0.05) is 24.3 Å². The second-order valence-corrected chi connectivity index (χ2v) is 5.89. The molecule has 0 radical (unpaired) electrons. The van der Waals surface area contributed by atoms with E-state index in [0.717, 1.165) is 22.4 Å². The number of aryl methyl sites for hydroxylation is 1. The SMILES string of the molecule is O=C(CN1C(=O)N[C@@]2(CCc3ccccc32)C1=O)c1ccc[nH]1. The molecule has 1 atom stereocenters. The second-order valence-electron chi connectivity index (χ2n) is 5.89. The summed E-state index contributed by atoms with van der Waals surface area (Å²) in [5.74, 6) is -0.630. The van der Waals surface area contributed by atoms with Crippen LogP contribution in [0.15, 0.2) is 42.6 Å². The molecule has 1 aromatic heterocycles. The van der Waals surface area contributed by atoms with Gasteiger partial charge in [0.25, 0.3) is 5.91 Å². The number of aromatic amines is 1. The van der Waals surface area contributed by atoms with Crippen molar-refractivity contribution in [2.75, 3.05) is 6.54 Å². The second kappa shape index (κ2) is 4.81. The van der Waals surface area contributed by atoms with Crippen LogP contribution in [0.2, 0.25) is 0 Å². The fourth-order valence-electron chi connectivity index (χ4n) is 3.47. The predicted octanol–water partition coefficient (Wildman–Crippen LogP) is 1.59. The number of aromatic nitrogens is 1. The molecule has 1 aliphatic carbocycles. The highest BCUT2D eigenvalue weighted by molar-refractivity contribution is 6.11. The van der Waals surface area contributed by atoms with Crippen molar-refractivity contribution in [3.8, 4) is 0 Å². The number of nitrogens with zero attached hydrogens (tertiary/aromatic N) is 1. The Morgan fingerprint density at radius 1 is 1.17 bits per heavy atom. The minimum atomic E-state index is -1.01. The zero-order chi connectivity index (χ0) is 16.0. The zero-order valence-corrected chi connectivity index (χ0v) is 12.3. The normalized spacial score (nSPS) is 22.5. The quantitative estimate of drug-likeness (QED) is 0.667. The van der Waals surface area contributed by atoms with Crippen LogP contribution in [0.5, 0.6) is 0 Å². The fourth-order valence-corrected chi connectivity index (χ4v) is 3.47. The minimum absolute atomic E-state index is 0.255. The summed E-state index contributed by atoms with van der Waals surface area (Å²) in [6, 6.07) is 10.4. The first-order chi connectivity index (χ1) is 11.1. The van der Waals surface area contributed by atoms with Crippen LogP contribution >= 0.6 is 0 Å². The van der Waals surface area contributed by atoms with Gasteiger partial charge in [0.05, 0.1) is 12.2 Å². The van der Waals surface area contributed by atoms with Gasteiger partial charge in [0.15, 0.2) is 5.78 Å². The van der Waals surface area contributed by atoms with Gasteiger partial charge >= 0.3 is 6.03 Å². The number of nitrogens with one attached hydrogen (secondary N) is 2. The van der Waals surface area contributed by atoms with Crippen LogP contribution in [0, 0.1) is 0 Å². The highest BCUT2D eigenvalue weighted by Crippen LogP contribution is 2.41. The number of carbonyl (C=O) groups excluding carboxylic acids is 3. The van der Waals surface area contributed by atoms with Crippen molar-refractivity contribution in [3.63, 3.8) is 0 Å². The van der Waals surface area contributed by atoms with Gasteiger partial charge in [0.1, 0.15) is 5.54 Å². The number of rotatable bonds is 3. The molecule has 1 aliphatic heterocycles. The summed E-state index contributed by atoms with van der Waals surface area (Å²) in [6.45, 7) is -0.255. The molecule has 2 aromatic rings. The lowest BCUT2D eigenvalue weighted by Crippen LogP contribution is -2.42. The number of hydrogen-bond donors (Lipinski definition) is 2. The first kappa shape index (κ1) is 13.8. The molecule has 2 heterocycles. The van der Waals surface area contributed by atoms with Crippen LogP contribution in [-0.4, -0.2) is 34.2 Å². The van der Waals surface area contributed by atoms with E-state index in [-0.39, 0.29) is 18.2 Å². The Bertz CT molecular complexity index is 812. The summed E-state index contributed by atoms with van der Waals surface area (Å²) in [5, 5.41) is 2.81. The molecule has 23 heavy (non-hydrogen) atoms. The van der Waals surface area contributed by atoms with E-state index in [9.17, 15) is 14.4 Å². The Hall–Kier alpha value is -2.89. The summed E-state index contributed by atoms with van der Waals surface area (Å²) >= 11 is 0. The van der Waals surface area contributed by atoms with E-state index in [1.54, 1.807) is 18.3 Å². The molecule has 1 saturated heterocycles. The predicted molar refractivity (Wildman–Crippen MR) is 81.8 cm³/mol. The molecular formula is C17H15N3O3. The third kappa shape index (κ3) is 1.91. The molecule has 1 spiro atoms. The smallest absolute Gasteiger partial charge is 0.325 e. The number of benzene rings is 1. The molecule has 116 valence electrons. The van der Waals surface area contributed by atoms with Crippen LogP contribution < -0.4 is 5.32 Å². The number of hydrogen-bond acceptors (Lipinski definition) is 3. The van der Waals surface area contributed by atoms with E-state index in [2.05, 4.69) is 10.3 Å². The number of amides is 3. The van der Waals surface area contributed by atoms with Crippen molar-refractivity contribution in [1.82, 2.24) is 15.2 Å². The van der Waals surface area contributed by atoms with Gasteiger partial charge in [-0.05, 0) is 36.1 Å². The van der Waals surface area contributed by atoms with E-state index in [1.165, 1.54) is 0 Å². The molecule has 2 aliphatic rings. The number of carbonyl (C=O) groups is 3. The molecule has 6 heteroatoms. The maximum Gasteiger partial charge on any atom is 0.325 e. The maximum absolute atomic E-state index is 12.9. The number of H-pyrrole nitrogens is 1. The lowest BCUT2D eigenvalue weighted by atomic mass is 9.92.